The lowest BCUT2D eigenvalue weighted by Gasteiger charge is -2.17. The molecule has 0 bridgehead atoms. The summed E-state index contributed by atoms with van der Waals surface area (Å²) >= 11 is 7.30. The molecule has 8 heteroatoms. The number of ether oxygens (including phenoxy) is 1. The fourth-order valence-corrected chi connectivity index (χ4v) is 3.44. The summed E-state index contributed by atoms with van der Waals surface area (Å²) in [6.45, 7) is 7.11. The first kappa shape index (κ1) is 21.7. The first-order valence-electron chi connectivity index (χ1n) is 8.94. The highest BCUT2D eigenvalue weighted by Crippen LogP contribution is 2.20. The molecule has 0 aliphatic heterocycles. The number of fused-ring (bicyclic) bond motifs is 1. The third kappa shape index (κ3) is 5.96. The zero-order valence-corrected chi connectivity index (χ0v) is 17.7. The molecule has 0 fully saturated rings. The number of aromatic nitrogens is 2. The molecule has 1 heterocycles. The summed E-state index contributed by atoms with van der Waals surface area (Å²) in [5, 5.41) is 4.51. The van der Waals surface area contributed by atoms with Crippen LogP contribution in [0.2, 0.25) is 5.02 Å². The first-order valence-corrected chi connectivity index (χ1v) is 10.3. The molecule has 0 aliphatic carbocycles. The van der Waals surface area contributed by atoms with E-state index in [1.807, 2.05) is 6.92 Å². The third-order valence-electron chi connectivity index (χ3n) is 4.33. The molecule has 0 aliphatic rings. The van der Waals surface area contributed by atoms with Gasteiger partial charge in [-0.3, -0.25) is 14.2 Å². The van der Waals surface area contributed by atoms with E-state index in [-0.39, 0.29) is 23.3 Å². The summed E-state index contributed by atoms with van der Waals surface area (Å²) in [6, 6.07) is 5.12. The van der Waals surface area contributed by atoms with E-state index in [2.05, 4.69) is 24.1 Å². The fourth-order valence-electron chi connectivity index (χ4n) is 2.44. The standard InChI is InChI=1S/C19H26ClN3O3S/c1-12(2)13(3)21-17(24)11-27-19-22-16-10-14(20)6-7-15(16)18(25)23(19)8-5-9-26-4/h6-7,10,12-13H,5,8-9,11H2,1-4H3,(H,21,24). The van der Waals surface area contributed by atoms with Crippen LogP contribution in [0.5, 0.6) is 0 Å². The second-order valence-corrected chi connectivity index (χ2v) is 8.13. The zero-order chi connectivity index (χ0) is 20.0. The topological polar surface area (TPSA) is 73.2 Å². The van der Waals surface area contributed by atoms with Gasteiger partial charge in [0, 0.05) is 31.3 Å². The molecule has 1 aromatic carbocycles. The Hall–Kier alpha value is -1.57. The van der Waals surface area contributed by atoms with Gasteiger partial charge in [-0.15, -0.1) is 0 Å². The summed E-state index contributed by atoms with van der Waals surface area (Å²) in [6.07, 6.45) is 0.682. The smallest absolute Gasteiger partial charge is 0.262 e. The minimum atomic E-state index is -0.133. The van der Waals surface area contributed by atoms with Crippen molar-refractivity contribution in [2.45, 2.75) is 44.9 Å². The number of halogens is 1. The summed E-state index contributed by atoms with van der Waals surface area (Å²) < 4.78 is 6.70. The first-order chi connectivity index (χ1) is 12.8. The second kappa shape index (κ2) is 10.1. The minimum absolute atomic E-state index is 0.0786. The van der Waals surface area contributed by atoms with Gasteiger partial charge in [-0.1, -0.05) is 37.2 Å². The highest BCUT2D eigenvalue weighted by molar-refractivity contribution is 7.99. The van der Waals surface area contributed by atoms with Crippen LogP contribution in [0.3, 0.4) is 0 Å². The van der Waals surface area contributed by atoms with Gasteiger partial charge in [-0.2, -0.15) is 0 Å². The molecule has 0 radical (unpaired) electrons. The summed E-state index contributed by atoms with van der Waals surface area (Å²) in [4.78, 5) is 29.7. The number of methoxy groups -OCH3 is 1. The van der Waals surface area contributed by atoms with Crippen molar-refractivity contribution in [1.29, 1.82) is 0 Å². The lowest BCUT2D eigenvalue weighted by Crippen LogP contribution is -2.37. The maximum absolute atomic E-state index is 12.9. The van der Waals surface area contributed by atoms with Crippen LogP contribution in [-0.4, -0.2) is 41.0 Å². The molecular formula is C19H26ClN3O3S. The van der Waals surface area contributed by atoms with Crippen molar-refractivity contribution in [3.63, 3.8) is 0 Å². The normalized spacial score (nSPS) is 12.5. The van der Waals surface area contributed by atoms with Crippen molar-refractivity contribution < 1.29 is 9.53 Å². The van der Waals surface area contributed by atoms with Gasteiger partial charge < -0.3 is 10.1 Å². The van der Waals surface area contributed by atoms with E-state index < -0.39 is 0 Å². The third-order valence-corrected chi connectivity index (χ3v) is 5.55. The molecule has 1 unspecified atom stereocenters. The van der Waals surface area contributed by atoms with Gasteiger partial charge >= 0.3 is 0 Å². The van der Waals surface area contributed by atoms with E-state index in [0.717, 1.165) is 0 Å². The van der Waals surface area contributed by atoms with Gasteiger partial charge in [0.1, 0.15) is 0 Å². The average Bonchev–Trinajstić information content (AvgIpc) is 2.61. The van der Waals surface area contributed by atoms with Crippen LogP contribution in [0.1, 0.15) is 27.2 Å². The van der Waals surface area contributed by atoms with E-state index in [0.29, 0.717) is 46.6 Å². The number of benzene rings is 1. The van der Waals surface area contributed by atoms with Gasteiger partial charge in [0.25, 0.3) is 5.56 Å². The second-order valence-electron chi connectivity index (χ2n) is 6.75. The van der Waals surface area contributed by atoms with Crippen molar-refractivity contribution in [2.24, 2.45) is 5.92 Å². The van der Waals surface area contributed by atoms with Gasteiger partial charge in [0.15, 0.2) is 5.16 Å². The van der Waals surface area contributed by atoms with E-state index in [1.165, 1.54) is 11.8 Å². The molecule has 1 amide bonds. The van der Waals surface area contributed by atoms with Crippen LogP contribution in [0.15, 0.2) is 28.2 Å². The molecule has 0 saturated heterocycles. The molecule has 0 spiro atoms. The Morgan fingerprint density at radius 1 is 1.37 bits per heavy atom. The summed E-state index contributed by atoms with van der Waals surface area (Å²) in [5.74, 6) is 0.469. The highest BCUT2D eigenvalue weighted by atomic mass is 35.5. The quantitative estimate of drug-likeness (QED) is 0.389. The fraction of sp³-hybridized carbons (Fsp3) is 0.526. The molecule has 27 heavy (non-hydrogen) atoms. The Morgan fingerprint density at radius 3 is 2.78 bits per heavy atom. The van der Waals surface area contributed by atoms with E-state index in [1.54, 1.807) is 29.9 Å². The molecule has 1 atom stereocenters. The number of hydrogen-bond acceptors (Lipinski definition) is 5. The van der Waals surface area contributed by atoms with Gasteiger partial charge in [-0.05, 0) is 37.5 Å². The largest absolute Gasteiger partial charge is 0.385 e. The maximum atomic E-state index is 12.9. The summed E-state index contributed by atoms with van der Waals surface area (Å²) in [7, 11) is 1.62. The molecule has 148 valence electrons. The van der Waals surface area contributed by atoms with Gasteiger partial charge in [0.05, 0.1) is 16.7 Å². The predicted octanol–water partition coefficient (Wildman–Crippen LogP) is 3.34. The Kier molecular flexibility index (Phi) is 8.13. The average molecular weight is 412 g/mol. The Bertz CT molecular complexity index is 854. The van der Waals surface area contributed by atoms with Crippen LogP contribution in [0, 0.1) is 5.92 Å². The van der Waals surface area contributed by atoms with E-state index in [9.17, 15) is 9.59 Å². The van der Waals surface area contributed by atoms with Crippen LogP contribution in [0.4, 0.5) is 0 Å². The zero-order valence-electron chi connectivity index (χ0n) is 16.1. The van der Waals surface area contributed by atoms with Gasteiger partial charge in [0.2, 0.25) is 5.91 Å². The number of rotatable bonds is 9. The summed E-state index contributed by atoms with van der Waals surface area (Å²) in [5.41, 5.74) is 0.403. The van der Waals surface area contributed by atoms with Crippen LogP contribution in [-0.2, 0) is 16.1 Å². The molecule has 1 N–H and O–H groups in total. The minimum Gasteiger partial charge on any atom is -0.385 e. The Labute approximate surface area is 168 Å². The van der Waals surface area contributed by atoms with Crippen molar-refractivity contribution in [3.05, 3.63) is 33.6 Å². The SMILES string of the molecule is COCCCn1c(SCC(=O)NC(C)C(C)C)nc2cc(Cl)ccc2c1=O. The lowest BCUT2D eigenvalue weighted by molar-refractivity contribution is -0.119. The molecule has 2 rings (SSSR count). The molecule has 0 saturated carbocycles. The Morgan fingerprint density at radius 2 is 2.11 bits per heavy atom. The van der Waals surface area contributed by atoms with Crippen LogP contribution < -0.4 is 10.9 Å². The lowest BCUT2D eigenvalue weighted by atomic mass is 10.1. The van der Waals surface area contributed by atoms with Crippen molar-refractivity contribution in [3.8, 4) is 0 Å². The molecular weight excluding hydrogens is 386 g/mol. The van der Waals surface area contributed by atoms with Crippen LogP contribution >= 0.6 is 23.4 Å². The number of carbonyl (C=O) groups is 1. The van der Waals surface area contributed by atoms with Gasteiger partial charge in [-0.25, -0.2) is 4.98 Å². The number of nitrogens with one attached hydrogen (secondary N) is 1. The van der Waals surface area contributed by atoms with Crippen molar-refractivity contribution >= 4 is 40.2 Å². The number of amides is 1. The van der Waals surface area contributed by atoms with E-state index >= 15 is 0 Å². The highest BCUT2D eigenvalue weighted by Gasteiger charge is 2.15. The molecule has 6 nitrogen and oxygen atoms in total. The van der Waals surface area contributed by atoms with Crippen molar-refractivity contribution in [2.75, 3.05) is 19.5 Å². The molecule has 1 aromatic heterocycles. The Balaban J connectivity index is 2.27. The number of hydrogen-bond donors (Lipinski definition) is 1. The van der Waals surface area contributed by atoms with Crippen LogP contribution in [0.25, 0.3) is 10.9 Å². The monoisotopic (exact) mass is 411 g/mol. The maximum Gasteiger partial charge on any atom is 0.262 e. The number of thioether (sulfide) groups is 1. The van der Waals surface area contributed by atoms with E-state index in [4.69, 9.17) is 16.3 Å². The number of nitrogens with zero attached hydrogens (tertiary/aromatic N) is 2. The predicted molar refractivity (Wildman–Crippen MR) is 111 cm³/mol. The van der Waals surface area contributed by atoms with Crippen molar-refractivity contribution in [1.82, 2.24) is 14.9 Å². The molecule has 2 aromatic rings. The number of carbonyl (C=O) groups excluding carboxylic acids is 1.